The first-order chi connectivity index (χ1) is 7.62. The van der Waals surface area contributed by atoms with Crippen molar-refractivity contribution in [3.63, 3.8) is 0 Å². The Labute approximate surface area is 108 Å². The molecule has 0 aliphatic carbocycles. The number of hydrogen-bond donors (Lipinski definition) is 1. The highest BCUT2D eigenvalue weighted by atomic mass is 28.4. The van der Waals surface area contributed by atoms with Crippen molar-refractivity contribution in [2.45, 2.75) is 77.8 Å². The van der Waals surface area contributed by atoms with E-state index in [0.717, 1.165) is 12.8 Å². The van der Waals surface area contributed by atoms with Crippen molar-refractivity contribution in [3.8, 4) is 0 Å². The van der Waals surface area contributed by atoms with Crippen molar-refractivity contribution in [2.24, 2.45) is 0 Å². The number of rotatable bonds is 6. The summed E-state index contributed by atoms with van der Waals surface area (Å²) in [6.07, 6.45) is 5.70. The molecule has 0 heterocycles. The molecular weight excluding hydrogens is 228 g/mol. The van der Waals surface area contributed by atoms with Crippen LogP contribution in [0.3, 0.4) is 0 Å². The van der Waals surface area contributed by atoms with Crippen molar-refractivity contribution in [1.29, 1.82) is 0 Å². The number of aliphatic hydroxyl groups excluding tert-OH is 1. The zero-order chi connectivity index (χ0) is 13.7. The Morgan fingerprint density at radius 3 is 2.18 bits per heavy atom. The Morgan fingerprint density at radius 2 is 1.82 bits per heavy atom. The highest BCUT2D eigenvalue weighted by Crippen LogP contribution is 2.37. The van der Waals surface area contributed by atoms with Gasteiger partial charge in [-0.25, -0.2) is 0 Å². The van der Waals surface area contributed by atoms with Crippen LogP contribution in [0, 0.1) is 0 Å². The highest BCUT2D eigenvalue weighted by molar-refractivity contribution is 6.74. The van der Waals surface area contributed by atoms with E-state index >= 15 is 0 Å². The molecule has 0 aromatic carbocycles. The second-order valence-electron chi connectivity index (χ2n) is 6.30. The van der Waals surface area contributed by atoms with E-state index in [1.54, 1.807) is 6.92 Å². The van der Waals surface area contributed by atoms with Crippen LogP contribution in [0.5, 0.6) is 0 Å². The minimum absolute atomic E-state index is 0.164. The van der Waals surface area contributed by atoms with Crippen LogP contribution in [0.4, 0.5) is 0 Å². The van der Waals surface area contributed by atoms with Gasteiger partial charge in [0.2, 0.25) is 0 Å². The summed E-state index contributed by atoms with van der Waals surface area (Å²) >= 11 is 0. The third kappa shape index (κ3) is 5.84. The Balaban J connectivity index is 4.66. The third-order valence-electron chi connectivity index (χ3n) is 3.49. The summed E-state index contributed by atoms with van der Waals surface area (Å²) in [5.74, 6) is 0. The topological polar surface area (TPSA) is 29.5 Å². The van der Waals surface area contributed by atoms with E-state index in [2.05, 4.69) is 46.9 Å². The van der Waals surface area contributed by atoms with Gasteiger partial charge in [0, 0.05) is 0 Å². The molecule has 0 aromatic rings. The summed E-state index contributed by atoms with van der Waals surface area (Å²) in [6, 6.07) is 0. The van der Waals surface area contributed by atoms with Crippen molar-refractivity contribution < 1.29 is 9.53 Å². The van der Waals surface area contributed by atoms with Gasteiger partial charge in [-0.3, -0.25) is 0 Å². The molecule has 3 heteroatoms. The van der Waals surface area contributed by atoms with Crippen LogP contribution in [0.1, 0.15) is 47.5 Å². The Kier molecular flexibility index (Phi) is 6.67. The van der Waals surface area contributed by atoms with E-state index in [1.165, 1.54) is 0 Å². The SMILES string of the molecule is CCC/C=C/[C@H](O[Si](C)(C)C(C)(C)C)[C@H](C)O. The van der Waals surface area contributed by atoms with Crippen molar-refractivity contribution in [1.82, 2.24) is 0 Å². The van der Waals surface area contributed by atoms with Crippen molar-refractivity contribution in [2.75, 3.05) is 0 Å². The predicted octanol–water partition coefficient (Wildman–Crippen LogP) is 4.11. The molecule has 0 aliphatic rings. The molecule has 0 saturated carbocycles. The van der Waals surface area contributed by atoms with E-state index in [9.17, 15) is 5.11 Å². The van der Waals surface area contributed by atoms with Gasteiger partial charge in [0.25, 0.3) is 0 Å². The van der Waals surface area contributed by atoms with Crippen LogP contribution in [0.2, 0.25) is 18.1 Å². The zero-order valence-electron chi connectivity index (χ0n) is 12.6. The third-order valence-corrected chi connectivity index (χ3v) is 7.97. The van der Waals surface area contributed by atoms with Gasteiger partial charge in [0.1, 0.15) is 0 Å². The van der Waals surface area contributed by atoms with Gasteiger partial charge >= 0.3 is 0 Å². The summed E-state index contributed by atoms with van der Waals surface area (Å²) in [7, 11) is -1.80. The van der Waals surface area contributed by atoms with Crippen LogP contribution in [-0.2, 0) is 4.43 Å². The molecular formula is C14H30O2Si. The molecule has 0 unspecified atom stereocenters. The van der Waals surface area contributed by atoms with Crippen LogP contribution in [0.15, 0.2) is 12.2 Å². The summed E-state index contributed by atoms with van der Waals surface area (Å²) in [5.41, 5.74) is 0. The van der Waals surface area contributed by atoms with E-state index in [1.807, 2.05) is 6.08 Å². The lowest BCUT2D eigenvalue weighted by Gasteiger charge is -2.39. The fraction of sp³-hybridized carbons (Fsp3) is 0.857. The summed E-state index contributed by atoms with van der Waals surface area (Å²) in [5, 5.41) is 9.97. The van der Waals surface area contributed by atoms with Crippen LogP contribution in [-0.4, -0.2) is 25.6 Å². The lowest BCUT2D eigenvalue weighted by atomic mass is 10.2. The average molecular weight is 258 g/mol. The van der Waals surface area contributed by atoms with Crippen LogP contribution in [0.25, 0.3) is 0 Å². The lowest BCUT2D eigenvalue weighted by Crippen LogP contribution is -2.46. The van der Waals surface area contributed by atoms with Gasteiger partial charge in [-0.05, 0) is 31.5 Å². The maximum atomic E-state index is 9.79. The molecule has 0 aromatic heterocycles. The molecule has 17 heavy (non-hydrogen) atoms. The molecule has 2 nitrogen and oxygen atoms in total. The average Bonchev–Trinajstić information content (AvgIpc) is 2.14. The molecule has 0 bridgehead atoms. The monoisotopic (exact) mass is 258 g/mol. The molecule has 1 N–H and O–H groups in total. The standard InChI is InChI=1S/C14H30O2Si/c1-8-9-10-11-13(12(2)15)16-17(6,7)14(3,4)5/h10-13,15H,8-9H2,1-7H3/b11-10+/t12-,13-/m0/s1. The largest absolute Gasteiger partial charge is 0.408 e. The van der Waals surface area contributed by atoms with Crippen molar-refractivity contribution >= 4 is 8.32 Å². The zero-order valence-corrected chi connectivity index (χ0v) is 13.6. The van der Waals surface area contributed by atoms with E-state index < -0.39 is 14.4 Å². The van der Waals surface area contributed by atoms with E-state index in [4.69, 9.17) is 4.43 Å². The first-order valence-corrected chi connectivity index (χ1v) is 9.55. The highest BCUT2D eigenvalue weighted by Gasteiger charge is 2.39. The lowest BCUT2D eigenvalue weighted by molar-refractivity contribution is 0.0684. The molecule has 0 saturated heterocycles. The number of unbranched alkanes of at least 4 members (excludes halogenated alkanes) is 1. The van der Waals surface area contributed by atoms with Gasteiger partial charge in [-0.2, -0.15) is 0 Å². The fourth-order valence-electron chi connectivity index (χ4n) is 1.21. The first-order valence-electron chi connectivity index (χ1n) is 6.64. The molecule has 0 radical (unpaired) electrons. The maximum absolute atomic E-state index is 9.79. The Bertz CT molecular complexity index is 239. The fourth-order valence-corrected chi connectivity index (χ4v) is 2.52. The number of allylic oxidation sites excluding steroid dienone is 1. The van der Waals surface area contributed by atoms with Gasteiger partial charge in [0.05, 0.1) is 12.2 Å². The Hall–Kier alpha value is -0.123. The number of aliphatic hydroxyl groups is 1. The van der Waals surface area contributed by atoms with Gasteiger partial charge in [-0.1, -0.05) is 46.3 Å². The summed E-state index contributed by atoms with van der Waals surface area (Å²) in [6.45, 7) is 15.0. The molecule has 0 rings (SSSR count). The second-order valence-corrected chi connectivity index (χ2v) is 11.1. The molecule has 0 fully saturated rings. The minimum atomic E-state index is -1.80. The van der Waals surface area contributed by atoms with Gasteiger partial charge < -0.3 is 9.53 Å². The van der Waals surface area contributed by atoms with E-state index in [-0.39, 0.29) is 11.1 Å². The van der Waals surface area contributed by atoms with Crippen LogP contribution >= 0.6 is 0 Å². The maximum Gasteiger partial charge on any atom is 0.193 e. The first kappa shape index (κ1) is 16.9. The number of hydrogen-bond acceptors (Lipinski definition) is 2. The van der Waals surface area contributed by atoms with E-state index in [0.29, 0.717) is 0 Å². The van der Waals surface area contributed by atoms with Gasteiger partial charge in [0.15, 0.2) is 8.32 Å². The smallest absolute Gasteiger partial charge is 0.193 e. The van der Waals surface area contributed by atoms with Gasteiger partial charge in [-0.15, -0.1) is 0 Å². The quantitative estimate of drug-likeness (QED) is 0.574. The molecule has 0 spiro atoms. The molecule has 0 amide bonds. The summed E-state index contributed by atoms with van der Waals surface area (Å²) < 4.78 is 6.21. The van der Waals surface area contributed by atoms with Crippen molar-refractivity contribution in [3.05, 3.63) is 12.2 Å². The summed E-state index contributed by atoms with van der Waals surface area (Å²) in [4.78, 5) is 0. The molecule has 102 valence electrons. The predicted molar refractivity (Wildman–Crippen MR) is 77.8 cm³/mol. The Morgan fingerprint density at radius 1 is 1.29 bits per heavy atom. The second kappa shape index (κ2) is 6.71. The van der Waals surface area contributed by atoms with Crippen LogP contribution < -0.4 is 0 Å². The minimum Gasteiger partial charge on any atom is -0.408 e. The molecule has 2 atom stereocenters. The normalized spacial score (nSPS) is 17.4. The molecule has 0 aliphatic heterocycles.